The lowest BCUT2D eigenvalue weighted by Gasteiger charge is -2.08. The molecular formula is C8H2Cl4N2O. The van der Waals surface area contributed by atoms with Gasteiger partial charge in [-0.1, -0.05) is 46.4 Å². The summed E-state index contributed by atoms with van der Waals surface area (Å²) in [5.41, 5.74) is 4.76. The summed E-state index contributed by atoms with van der Waals surface area (Å²) in [6, 6.07) is 1.73. The van der Waals surface area contributed by atoms with Gasteiger partial charge in [0, 0.05) is 0 Å². The van der Waals surface area contributed by atoms with Crippen molar-refractivity contribution in [2.24, 2.45) is 5.73 Å². The molecule has 1 amide bonds. The first-order valence-electron chi connectivity index (χ1n) is 3.47. The summed E-state index contributed by atoms with van der Waals surface area (Å²) in [5.74, 6) is -0.863. The third kappa shape index (κ3) is 1.99. The molecule has 2 N–H and O–H groups in total. The van der Waals surface area contributed by atoms with Crippen LogP contribution in [0.25, 0.3) is 0 Å². The fourth-order valence-electron chi connectivity index (χ4n) is 0.946. The van der Waals surface area contributed by atoms with Gasteiger partial charge in [0.15, 0.2) is 0 Å². The van der Waals surface area contributed by atoms with Crippen LogP contribution in [0.1, 0.15) is 15.9 Å². The number of carbonyl (C=O) groups is 1. The van der Waals surface area contributed by atoms with Crippen molar-refractivity contribution in [1.29, 1.82) is 5.26 Å². The van der Waals surface area contributed by atoms with Crippen molar-refractivity contribution >= 4 is 52.3 Å². The number of hydrogen-bond acceptors (Lipinski definition) is 2. The van der Waals surface area contributed by atoms with Gasteiger partial charge in [0.1, 0.15) is 6.07 Å². The van der Waals surface area contributed by atoms with Crippen LogP contribution in [0.15, 0.2) is 0 Å². The molecule has 1 aromatic carbocycles. The highest BCUT2D eigenvalue weighted by Gasteiger charge is 2.22. The van der Waals surface area contributed by atoms with E-state index in [1.807, 2.05) is 0 Å². The van der Waals surface area contributed by atoms with Gasteiger partial charge in [0.2, 0.25) is 0 Å². The van der Waals surface area contributed by atoms with Gasteiger partial charge in [-0.25, -0.2) is 0 Å². The Morgan fingerprint density at radius 3 is 1.73 bits per heavy atom. The molecule has 7 heteroatoms. The molecule has 0 saturated carbocycles. The van der Waals surface area contributed by atoms with Gasteiger partial charge in [-0.05, 0) is 0 Å². The van der Waals surface area contributed by atoms with E-state index < -0.39 is 5.91 Å². The third-order valence-corrected chi connectivity index (χ3v) is 3.33. The maximum absolute atomic E-state index is 11.0. The van der Waals surface area contributed by atoms with Gasteiger partial charge in [-0.3, -0.25) is 4.79 Å². The second-order valence-electron chi connectivity index (χ2n) is 2.48. The van der Waals surface area contributed by atoms with Crippen molar-refractivity contribution < 1.29 is 4.79 Å². The van der Waals surface area contributed by atoms with Gasteiger partial charge in [0.05, 0.1) is 31.2 Å². The molecule has 0 aromatic heterocycles. The quantitative estimate of drug-likeness (QED) is 0.804. The van der Waals surface area contributed by atoms with Crippen molar-refractivity contribution in [2.75, 3.05) is 0 Å². The van der Waals surface area contributed by atoms with E-state index >= 15 is 0 Å². The van der Waals surface area contributed by atoms with Crippen molar-refractivity contribution in [2.45, 2.75) is 0 Å². The zero-order chi connectivity index (χ0) is 11.7. The molecule has 1 rings (SSSR count). The fraction of sp³-hybridized carbons (Fsp3) is 0. The van der Waals surface area contributed by atoms with Crippen LogP contribution in [0.3, 0.4) is 0 Å². The van der Waals surface area contributed by atoms with E-state index in [0.29, 0.717) is 0 Å². The summed E-state index contributed by atoms with van der Waals surface area (Å²) >= 11 is 22.9. The van der Waals surface area contributed by atoms with Crippen LogP contribution in [0.2, 0.25) is 20.1 Å². The van der Waals surface area contributed by atoms with Gasteiger partial charge >= 0.3 is 0 Å². The van der Waals surface area contributed by atoms with E-state index in [-0.39, 0.29) is 31.2 Å². The predicted molar refractivity (Wildman–Crippen MR) is 59.7 cm³/mol. The Morgan fingerprint density at radius 2 is 1.47 bits per heavy atom. The molecule has 0 aliphatic carbocycles. The van der Waals surface area contributed by atoms with E-state index in [1.54, 1.807) is 6.07 Å². The minimum absolute atomic E-state index is 0.0849. The minimum atomic E-state index is -0.863. The van der Waals surface area contributed by atoms with E-state index in [2.05, 4.69) is 0 Å². The Labute approximate surface area is 105 Å². The SMILES string of the molecule is N#Cc1c(Cl)c(Cl)c(C(N)=O)c(Cl)c1Cl. The summed E-state index contributed by atoms with van der Waals surface area (Å²) in [7, 11) is 0. The largest absolute Gasteiger partial charge is 0.366 e. The number of primary amides is 1. The van der Waals surface area contributed by atoms with Gasteiger partial charge < -0.3 is 5.73 Å². The Bertz CT molecular complexity index is 463. The van der Waals surface area contributed by atoms with E-state index in [9.17, 15) is 4.79 Å². The molecule has 0 spiro atoms. The summed E-state index contributed by atoms with van der Waals surface area (Å²) in [4.78, 5) is 11.0. The van der Waals surface area contributed by atoms with Gasteiger partial charge in [-0.2, -0.15) is 5.26 Å². The molecule has 3 nitrogen and oxygen atoms in total. The summed E-state index contributed by atoms with van der Waals surface area (Å²) < 4.78 is 0. The number of amides is 1. The highest BCUT2D eigenvalue weighted by Crippen LogP contribution is 2.40. The molecule has 0 radical (unpaired) electrons. The van der Waals surface area contributed by atoms with Crippen LogP contribution in [-0.4, -0.2) is 5.91 Å². The van der Waals surface area contributed by atoms with Crippen molar-refractivity contribution in [1.82, 2.24) is 0 Å². The number of nitrogens with zero attached hydrogens (tertiary/aromatic N) is 1. The van der Waals surface area contributed by atoms with E-state index in [0.717, 1.165) is 0 Å². The highest BCUT2D eigenvalue weighted by atomic mass is 35.5. The molecular weight excluding hydrogens is 282 g/mol. The van der Waals surface area contributed by atoms with Gasteiger partial charge in [-0.15, -0.1) is 0 Å². The average Bonchev–Trinajstić information content (AvgIpc) is 2.16. The number of hydrogen-bond donors (Lipinski definition) is 1. The highest BCUT2D eigenvalue weighted by molar-refractivity contribution is 6.51. The maximum atomic E-state index is 11.0. The Hall–Kier alpha value is -0.660. The Balaban J connectivity index is 3.76. The van der Waals surface area contributed by atoms with Crippen LogP contribution in [0, 0.1) is 11.3 Å². The molecule has 0 unspecified atom stereocenters. The number of nitriles is 1. The van der Waals surface area contributed by atoms with Crippen LogP contribution in [0.5, 0.6) is 0 Å². The summed E-state index contributed by atoms with van der Waals surface area (Å²) in [6.45, 7) is 0. The molecule has 0 atom stereocenters. The third-order valence-electron chi connectivity index (χ3n) is 1.62. The predicted octanol–water partition coefficient (Wildman–Crippen LogP) is 3.27. The van der Waals surface area contributed by atoms with Crippen molar-refractivity contribution in [3.63, 3.8) is 0 Å². The first-order valence-corrected chi connectivity index (χ1v) is 4.98. The normalized spacial score (nSPS) is 9.80. The molecule has 78 valence electrons. The second-order valence-corrected chi connectivity index (χ2v) is 3.99. The summed E-state index contributed by atoms with van der Waals surface area (Å²) in [5, 5.41) is 8.11. The molecule has 0 bridgehead atoms. The van der Waals surface area contributed by atoms with Crippen LogP contribution < -0.4 is 5.73 Å². The molecule has 15 heavy (non-hydrogen) atoms. The lowest BCUT2D eigenvalue weighted by molar-refractivity contribution is 0.100. The first-order chi connectivity index (χ1) is 6.91. The average molecular weight is 284 g/mol. The second kappa shape index (κ2) is 4.46. The Morgan fingerprint density at radius 1 is 1.07 bits per heavy atom. The monoisotopic (exact) mass is 282 g/mol. The number of rotatable bonds is 1. The summed E-state index contributed by atoms with van der Waals surface area (Å²) in [6.07, 6.45) is 0. The molecule has 0 heterocycles. The number of nitrogens with two attached hydrogens (primary N) is 1. The lowest BCUT2D eigenvalue weighted by atomic mass is 10.1. The Kier molecular flexibility index (Phi) is 3.69. The number of carbonyl (C=O) groups excluding carboxylic acids is 1. The van der Waals surface area contributed by atoms with E-state index in [1.165, 1.54) is 0 Å². The zero-order valence-electron chi connectivity index (χ0n) is 6.94. The number of benzene rings is 1. The smallest absolute Gasteiger partial charge is 0.251 e. The van der Waals surface area contributed by atoms with Crippen LogP contribution in [0.4, 0.5) is 0 Å². The molecule has 0 aliphatic heterocycles. The minimum Gasteiger partial charge on any atom is -0.366 e. The van der Waals surface area contributed by atoms with Gasteiger partial charge in [0.25, 0.3) is 5.91 Å². The zero-order valence-corrected chi connectivity index (χ0v) is 9.97. The molecule has 0 saturated heterocycles. The van der Waals surface area contributed by atoms with Crippen molar-refractivity contribution in [3.8, 4) is 6.07 Å². The molecule has 0 fully saturated rings. The first kappa shape index (κ1) is 12.4. The topological polar surface area (TPSA) is 66.9 Å². The lowest BCUT2D eigenvalue weighted by Crippen LogP contribution is -2.13. The molecule has 0 aliphatic rings. The molecule has 1 aromatic rings. The van der Waals surface area contributed by atoms with Crippen LogP contribution in [-0.2, 0) is 0 Å². The standard InChI is InChI=1S/C8H2Cl4N2O/c9-4-2(1-13)5(10)7(12)3(6(4)11)8(14)15/h(H2,14,15). The maximum Gasteiger partial charge on any atom is 0.251 e. The van der Waals surface area contributed by atoms with E-state index in [4.69, 9.17) is 57.4 Å². The van der Waals surface area contributed by atoms with Crippen molar-refractivity contribution in [3.05, 3.63) is 31.2 Å². The van der Waals surface area contributed by atoms with Crippen LogP contribution >= 0.6 is 46.4 Å². The number of halogens is 4. The fourth-order valence-corrected chi connectivity index (χ4v) is 2.07.